The minimum atomic E-state index is -5.33. The highest BCUT2D eigenvalue weighted by Gasteiger charge is 2.41. The van der Waals surface area contributed by atoms with Crippen LogP contribution in [0.5, 0.6) is 11.5 Å². The zero-order valence-electron chi connectivity index (χ0n) is 18.0. The molecule has 0 atom stereocenters. The van der Waals surface area contributed by atoms with Gasteiger partial charge in [-0.15, -0.1) is 4.33 Å². The smallest absolute Gasteiger partial charge is 0.298 e. The van der Waals surface area contributed by atoms with E-state index in [1.165, 1.54) is 0 Å². The van der Waals surface area contributed by atoms with Crippen molar-refractivity contribution in [1.82, 2.24) is 0 Å². The van der Waals surface area contributed by atoms with E-state index >= 15 is 0 Å². The number of anilines is 2. The summed E-state index contributed by atoms with van der Waals surface area (Å²) in [6.45, 7) is 0. The number of benzene rings is 2. The molecule has 22 heteroatoms. The van der Waals surface area contributed by atoms with E-state index in [9.17, 15) is 49.6 Å². The predicted molar refractivity (Wildman–Crippen MR) is 124 cm³/mol. The van der Waals surface area contributed by atoms with Gasteiger partial charge < -0.3 is 20.8 Å². The fraction of sp³-hybridized carbons (Fsp3) is 0.125. The van der Waals surface area contributed by atoms with E-state index in [-0.39, 0.29) is 12.0 Å². The standard InChI is InChI=1S/C16H14N2O16S4/c19-13-7(35-34-33-23)1-5(17-3-36(24,25)26)9-11(13)15(21)10-6(18-4-37(27,28)29)2-8(38(30,31)32)14(20)12(10)16(9)22/h1-2,17-20,23H,3-4H2,(H,24,25,26)(H,27,28,29)(H,30,31,32). The van der Waals surface area contributed by atoms with Gasteiger partial charge in [-0.3, -0.25) is 23.2 Å². The summed E-state index contributed by atoms with van der Waals surface area (Å²) in [5.41, 5.74) is -5.24. The average Bonchev–Trinajstić information content (AvgIpc) is 2.77. The van der Waals surface area contributed by atoms with Gasteiger partial charge in [0.1, 0.15) is 28.1 Å². The van der Waals surface area contributed by atoms with E-state index in [0.717, 1.165) is 6.07 Å². The zero-order valence-corrected chi connectivity index (χ0v) is 21.2. The molecule has 1 aliphatic carbocycles. The normalized spacial score (nSPS) is 13.7. The molecule has 0 aromatic heterocycles. The highest BCUT2D eigenvalue weighted by molar-refractivity contribution is 7.94. The molecule has 0 saturated heterocycles. The summed E-state index contributed by atoms with van der Waals surface area (Å²) < 4.78 is 100. The molecule has 3 rings (SSSR count). The third-order valence-electron chi connectivity index (χ3n) is 4.76. The number of fused-ring (bicyclic) bond motifs is 2. The highest BCUT2D eigenvalue weighted by atomic mass is 32.2. The number of rotatable bonds is 10. The summed E-state index contributed by atoms with van der Waals surface area (Å²) in [5.74, 6) is -7.96. The van der Waals surface area contributed by atoms with Crippen molar-refractivity contribution >= 4 is 65.3 Å². The molecule has 8 N–H and O–H groups in total. The topological polar surface area (TPSA) is 300 Å². The van der Waals surface area contributed by atoms with E-state index in [0.29, 0.717) is 6.07 Å². The van der Waals surface area contributed by atoms with Crippen molar-refractivity contribution in [3.8, 4) is 11.5 Å². The first-order valence-electron chi connectivity index (χ1n) is 9.27. The van der Waals surface area contributed by atoms with Gasteiger partial charge in [0.05, 0.1) is 39.2 Å². The molecular formula is C16H14N2O16S4. The van der Waals surface area contributed by atoms with Crippen LogP contribution in [0.15, 0.2) is 21.9 Å². The second-order valence-corrected chi connectivity index (χ2v) is 12.2. The summed E-state index contributed by atoms with van der Waals surface area (Å²) >= 11 is 0.0513. The molecule has 0 saturated carbocycles. The van der Waals surface area contributed by atoms with Gasteiger partial charge in [-0.1, -0.05) is 5.04 Å². The molecule has 2 aromatic carbocycles. The van der Waals surface area contributed by atoms with Crippen LogP contribution in [-0.4, -0.2) is 77.7 Å². The second-order valence-electron chi connectivity index (χ2n) is 7.21. The Kier molecular flexibility index (Phi) is 7.96. The molecule has 18 nitrogen and oxygen atoms in total. The fourth-order valence-corrected chi connectivity index (χ4v) is 5.13. The molecule has 38 heavy (non-hydrogen) atoms. The Morgan fingerprint density at radius 2 is 1.18 bits per heavy atom. The number of phenolic OH excluding ortho intramolecular Hbond substituents is 2. The number of nitrogens with one attached hydrogen (secondary N) is 2. The van der Waals surface area contributed by atoms with Gasteiger partial charge >= 0.3 is 0 Å². The monoisotopic (exact) mass is 618 g/mol. The van der Waals surface area contributed by atoms with E-state index in [1.54, 1.807) is 0 Å². The van der Waals surface area contributed by atoms with Crippen LogP contribution in [-0.2, 0) is 39.7 Å². The molecule has 0 amide bonds. The van der Waals surface area contributed by atoms with Gasteiger partial charge in [0.15, 0.2) is 0 Å². The SMILES string of the molecule is O=C1c2c(NCS(=O)(=O)O)cc(S(=O)(=O)O)c(O)c2C(=O)c2c(NCS(=O)(=O)O)cc(SOOO)c(O)c21. The number of phenols is 2. The molecule has 0 radical (unpaired) electrons. The molecule has 2 aromatic rings. The lowest BCUT2D eigenvalue weighted by Crippen LogP contribution is -2.27. The van der Waals surface area contributed by atoms with E-state index in [4.69, 9.17) is 14.4 Å². The molecule has 0 heterocycles. The highest BCUT2D eigenvalue weighted by Crippen LogP contribution is 2.47. The van der Waals surface area contributed by atoms with Crippen molar-refractivity contribution in [3.05, 3.63) is 34.4 Å². The number of ketones is 2. The first kappa shape index (κ1) is 29.5. The summed E-state index contributed by atoms with van der Waals surface area (Å²) in [6, 6.07) is 1.17. The third kappa shape index (κ3) is 5.98. The number of hydrogen-bond acceptors (Lipinski definition) is 16. The van der Waals surface area contributed by atoms with Crippen LogP contribution in [0.2, 0.25) is 0 Å². The molecule has 0 fully saturated rings. The quantitative estimate of drug-likeness (QED) is 0.0489. The van der Waals surface area contributed by atoms with Crippen LogP contribution in [0.1, 0.15) is 31.8 Å². The van der Waals surface area contributed by atoms with Crippen molar-refractivity contribution in [2.24, 2.45) is 0 Å². The Labute approximate surface area is 216 Å². The number of carbonyl (C=O) groups excluding carboxylic acids is 2. The van der Waals surface area contributed by atoms with Gasteiger partial charge in [-0.05, 0) is 12.1 Å². The lowest BCUT2D eigenvalue weighted by Gasteiger charge is -2.26. The van der Waals surface area contributed by atoms with Gasteiger partial charge in [0.25, 0.3) is 30.4 Å². The Balaban J connectivity index is 2.41. The summed E-state index contributed by atoms with van der Waals surface area (Å²) in [4.78, 5) is 25.1. The molecule has 0 spiro atoms. The molecule has 0 bridgehead atoms. The minimum Gasteiger partial charge on any atom is -0.506 e. The van der Waals surface area contributed by atoms with E-state index in [1.807, 2.05) is 5.32 Å². The van der Waals surface area contributed by atoms with Gasteiger partial charge in [-0.2, -0.15) is 25.3 Å². The van der Waals surface area contributed by atoms with Crippen molar-refractivity contribution in [2.75, 3.05) is 22.4 Å². The summed E-state index contributed by atoms with van der Waals surface area (Å²) in [5, 5.41) is 37.0. The summed E-state index contributed by atoms with van der Waals surface area (Å²) in [7, 11) is -14.9. The van der Waals surface area contributed by atoms with Gasteiger partial charge in [-0.25, -0.2) is 5.26 Å². The molecule has 1 aliphatic rings. The van der Waals surface area contributed by atoms with Crippen molar-refractivity contribution < 1.29 is 73.3 Å². The van der Waals surface area contributed by atoms with Crippen molar-refractivity contribution in [2.45, 2.75) is 9.79 Å². The van der Waals surface area contributed by atoms with Crippen LogP contribution in [0.3, 0.4) is 0 Å². The maximum absolute atomic E-state index is 13.5. The lowest BCUT2D eigenvalue weighted by atomic mass is 9.81. The van der Waals surface area contributed by atoms with Gasteiger partial charge in [0.2, 0.25) is 11.6 Å². The van der Waals surface area contributed by atoms with Crippen LogP contribution in [0, 0.1) is 0 Å². The molecular weight excluding hydrogens is 604 g/mol. The average molecular weight is 619 g/mol. The lowest BCUT2D eigenvalue weighted by molar-refractivity contribution is -0.432. The Bertz CT molecular complexity index is 1680. The third-order valence-corrected chi connectivity index (χ3v) is 7.27. The molecule has 0 aliphatic heterocycles. The minimum absolute atomic E-state index is 0.0513. The summed E-state index contributed by atoms with van der Waals surface area (Å²) in [6.07, 6.45) is 0. The van der Waals surface area contributed by atoms with Crippen LogP contribution in [0.25, 0.3) is 0 Å². The van der Waals surface area contributed by atoms with Gasteiger partial charge in [0, 0.05) is 11.4 Å². The maximum Gasteiger partial charge on any atom is 0.298 e. The Morgan fingerprint density at radius 3 is 1.61 bits per heavy atom. The Hall–Kier alpha value is -3.06. The van der Waals surface area contributed by atoms with Crippen LogP contribution >= 0.6 is 12.0 Å². The van der Waals surface area contributed by atoms with Crippen molar-refractivity contribution in [1.29, 1.82) is 0 Å². The van der Waals surface area contributed by atoms with Crippen LogP contribution < -0.4 is 10.6 Å². The van der Waals surface area contributed by atoms with E-state index < -0.39 is 109 Å². The fourth-order valence-electron chi connectivity index (χ4n) is 3.39. The number of carbonyl (C=O) groups is 2. The molecule has 0 unspecified atom stereocenters. The first-order valence-corrected chi connectivity index (χ1v) is 14.7. The predicted octanol–water partition coefficient (Wildman–Crippen LogP) is 0.0626. The first-order chi connectivity index (χ1) is 17.4. The number of hydrogen-bond donors (Lipinski definition) is 8. The van der Waals surface area contributed by atoms with Crippen LogP contribution in [0.4, 0.5) is 11.4 Å². The maximum atomic E-state index is 13.5. The zero-order chi connectivity index (χ0) is 28.8. The Morgan fingerprint density at radius 1 is 0.737 bits per heavy atom. The van der Waals surface area contributed by atoms with Crippen molar-refractivity contribution in [3.63, 3.8) is 0 Å². The largest absolute Gasteiger partial charge is 0.506 e. The second kappa shape index (κ2) is 10.3. The number of aromatic hydroxyl groups is 2. The van der Waals surface area contributed by atoms with E-state index in [2.05, 4.69) is 14.7 Å². The molecule has 208 valence electrons.